The highest BCUT2D eigenvalue weighted by atomic mass is 35.5. The van der Waals surface area contributed by atoms with E-state index in [0.717, 1.165) is 16.2 Å². The van der Waals surface area contributed by atoms with Gasteiger partial charge in [0.2, 0.25) is 0 Å². The molecule has 1 aromatic rings. The fourth-order valence-electron chi connectivity index (χ4n) is 1.21. The largest absolute Gasteiger partial charge is 0.0908 e. The summed E-state index contributed by atoms with van der Waals surface area (Å²) in [6, 6.07) is 7.79. The smallest absolute Gasteiger partial charge is 0.0484 e. The summed E-state index contributed by atoms with van der Waals surface area (Å²) in [4.78, 5) is 0. The Kier molecular flexibility index (Phi) is 3.54. The second-order valence-corrected chi connectivity index (χ2v) is 3.99. The van der Waals surface area contributed by atoms with Gasteiger partial charge in [0, 0.05) is 5.02 Å². The molecule has 14 heavy (non-hydrogen) atoms. The molecule has 0 N–H and O–H groups in total. The first kappa shape index (κ1) is 11.1. The van der Waals surface area contributed by atoms with E-state index in [1.165, 1.54) is 11.1 Å². The number of allylic oxidation sites excluding steroid dienone is 3. The van der Waals surface area contributed by atoms with E-state index in [1.54, 1.807) is 0 Å². The van der Waals surface area contributed by atoms with Crippen molar-refractivity contribution in [2.45, 2.75) is 20.8 Å². The molecule has 0 aliphatic rings. The molecular weight excluding hydrogens is 192 g/mol. The SMILES string of the molecule is C=C(C(C)=C(C)C)c1ccccc1Cl. The lowest BCUT2D eigenvalue weighted by Gasteiger charge is -2.10. The number of benzene rings is 1. The summed E-state index contributed by atoms with van der Waals surface area (Å²) in [5.41, 5.74) is 4.51. The van der Waals surface area contributed by atoms with E-state index in [-0.39, 0.29) is 0 Å². The van der Waals surface area contributed by atoms with Crippen molar-refractivity contribution in [2.75, 3.05) is 0 Å². The van der Waals surface area contributed by atoms with Gasteiger partial charge >= 0.3 is 0 Å². The van der Waals surface area contributed by atoms with Gasteiger partial charge in [0.05, 0.1) is 0 Å². The fraction of sp³-hybridized carbons (Fsp3) is 0.231. The second-order valence-electron chi connectivity index (χ2n) is 3.58. The quantitative estimate of drug-likeness (QED) is 0.615. The molecule has 0 radical (unpaired) electrons. The summed E-state index contributed by atoms with van der Waals surface area (Å²) in [6.45, 7) is 10.3. The number of rotatable bonds is 2. The molecule has 0 aromatic heterocycles. The van der Waals surface area contributed by atoms with Crippen LogP contribution < -0.4 is 0 Å². The zero-order valence-electron chi connectivity index (χ0n) is 8.89. The Bertz CT molecular complexity index is 382. The lowest BCUT2D eigenvalue weighted by atomic mass is 9.98. The van der Waals surface area contributed by atoms with Crippen molar-refractivity contribution in [3.8, 4) is 0 Å². The van der Waals surface area contributed by atoms with Gasteiger partial charge in [-0.3, -0.25) is 0 Å². The molecule has 0 heterocycles. The summed E-state index contributed by atoms with van der Waals surface area (Å²) in [6.07, 6.45) is 0. The highest BCUT2D eigenvalue weighted by Crippen LogP contribution is 2.28. The van der Waals surface area contributed by atoms with Crippen LogP contribution >= 0.6 is 11.6 Å². The van der Waals surface area contributed by atoms with E-state index in [4.69, 9.17) is 11.6 Å². The Morgan fingerprint density at radius 1 is 1.14 bits per heavy atom. The molecule has 1 rings (SSSR count). The van der Waals surface area contributed by atoms with E-state index < -0.39 is 0 Å². The Hall–Kier alpha value is -1.01. The lowest BCUT2D eigenvalue weighted by molar-refractivity contribution is 1.30. The zero-order valence-corrected chi connectivity index (χ0v) is 9.65. The van der Waals surface area contributed by atoms with Crippen LogP contribution in [0, 0.1) is 0 Å². The minimum Gasteiger partial charge on any atom is -0.0908 e. The van der Waals surface area contributed by atoms with Crippen molar-refractivity contribution in [1.82, 2.24) is 0 Å². The summed E-state index contributed by atoms with van der Waals surface area (Å²) < 4.78 is 0. The molecule has 0 aliphatic heterocycles. The molecular formula is C13H15Cl. The van der Waals surface area contributed by atoms with Gasteiger partial charge in [-0.25, -0.2) is 0 Å². The number of hydrogen-bond donors (Lipinski definition) is 0. The maximum absolute atomic E-state index is 6.08. The molecule has 0 spiro atoms. The van der Waals surface area contributed by atoms with Crippen molar-refractivity contribution in [2.24, 2.45) is 0 Å². The first-order valence-corrected chi connectivity index (χ1v) is 5.00. The first-order chi connectivity index (χ1) is 6.54. The van der Waals surface area contributed by atoms with E-state index in [0.29, 0.717) is 0 Å². The van der Waals surface area contributed by atoms with Gasteiger partial charge in [0.1, 0.15) is 0 Å². The van der Waals surface area contributed by atoms with Crippen molar-refractivity contribution in [3.63, 3.8) is 0 Å². The lowest BCUT2D eigenvalue weighted by Crippen LogP contribution is -1.88. The van der Waals surface area contributed by atoms with Crippen LogP contribution in [0.5, 0.6) is 0 Å². The fourth-order valence-corrected chi connectivity index (χ4v) is 1.46. The molecule has 0 atom stereocenters. The predicted molar refractivity (Wildman–Crippen MR) is 64.5 cm³/mol. The third kappa shape index (κ3) is 2.27. The van der Waals surface area contributed by atoms with Crippen molar-refractivity contribution in [1.29, 1.82) is 0 Å². The average molecular weight is 207 g/mol. The highest BCUT2D eigenvalue weighted by Gasteiger charge is 2.05. The van der Waals surface area contributed by atoms with Crippen LogP contribution in [0.3, 0.4) is 0 Å². The molecule has 0 aliphatic carbocycles. The number of halogens is 1. The normalized spacial score (nSPS) is 9.71. The Labute approximate surface area is 90.9 Å². The summed E-state index contributed by atoms with van der Waals surface area (Å²) in [5, 5.41) is 0.762. The van der Waals surface area contributed by atoms with Crippen molar-refractivity contribution in [3.05, 3.63) is 52.6 Å². The Morgan fingerprint density at radius 2 is 1.71 bits per heavy atom. The van der Waals surface area contributed by atoms with E-state index in [2.05, 4.69) is 27.4 Å². The average Bonchev–Trinajstić information content (AvgIpc) is 2.16. The van der Waals surface area contributed by atoms with Crippen LogP contribution in [-0.2, 0) is 0 Å². The van der Waals surface area contributed by atoms with E-state index >= 15 is 0 Å². The summed E-state index contributed by atoms with van der Waals surface area (Å²) in [5.74, 6) is 0. The third-order valence-corrected chi connectivity index (χ3v) is 2.73. The minimum atomic E-state index is 0.762. The third-order valence-electron chi connectivity index (χ3n) is 2.40. The van der Waals surface area contributed by atoms with Crippen LogP contribution in [-0.4, -0.2) is 0 Å². The Morgan fingerprint density at radius 3 is 2.21 bits per heavy atom. The molecule has 0 bridgehead atoms. The number of hydrogen-bond acceptors (Lipinski definition) is 0. The molecule has 1 aromatic carbocycles. The van der Waals surface area contributed by atoms with Crippen LogP contribution in [0.25, 0.3) is 5.57 Å². The maximum atomic E-state index is 6.08. The first-order valence-electron chi connectivity index (χ1n) is 4.62. The van der Waals surface area contributed by atoms with Crippen LogP contribution in [0.2, 0.25) is 5.02 Å². The predicted octanol–water partition coefficient (Wildman–Crippen LogP) is 4.71. The van der Waals surface area contributed by atoms with Crippen LogP contribution in [0.4, 0.5) is 0 Å². The molecule has 1 heteroatoms. The topological polar surface area (TPSA) is 0 Å². The molecule has 0 nitrogen and oxygen atoms in total. The van der Waals surface area contributed by atoms with Crippen molar-refractivity contribution >= 4 is 17.2 Å². The van der Waals surface area contributed by atoms with Crippen LogP contribution in [0.1, 0.15) is 26.3 Å². The molecule has 0 unspecified atom stereocenters. The second kappa shape index (κ2) is 4.47. The standard InChI is InChI=1S/C13H15Cl/c1-9(2)10(3)11(4)12-7-5-6-8-13(12)14/h5-8H,4H2,1-3H3. The van der Waals surface area contributed by atoms with Gasteiger partial charge in [-0.1, -0.05) is 42.0 Å². The van der Waals surface area contributed by atoms with Crippen molar-refractivity contribution < 1.29 is 0 Å². The van der Waals surface area contributed by atoms with Gasteiger partial charge in [-0.15, -0.1) is 0 Å². The van der Waals surface area contributed by atoms with Gasteiger partial charge < -0.3 is 0 Å². The summed E-state index contributed by atoms with van der Waals surface area (Å²) in [7, 11) is 0. The maximum Gasteiger partial charge on any atom is 0.0484 e. The Balaban J connectivity index is 3.15. The monoisotopic (exact) mass is 206 g/mol. The zero-order chi connectivity index (χ0) is 10.7. The van der Waals surface area contributed by atoms with Gasteiger partial charge in [-0.05, 0) is 43.5 Å². The molecule has 0 fully saturated rings. The molecule has 0 saturated heterocycles. The van der Waals surface area contributed by atoms with Gasteiger partial charge in [-0.2, -0.15) is 0 Å². The van der Waals surface area contributed by atoms with E-state index in [1.807, 2.05) is 24.3 Å². The molecule has 0 amide bonds. The molecule has 74 valence electrons. The van der Waals surface area contributed by atoms with E-state index in [9.17, 15) is 0 Å². The van der Waals surface area contributed by atoms with Gasteiger partial charge in [0.25, 0.3) is 0 Å². The minimum absolute atomic E-state index is 0.762. The van der Waals surface area contributed by atoms with Gasteiger partial charge in [0.15, 0.2) is 0 Å². The van der Waals surface area contributed by atoms with Crippen LogP contribution in [0.15, 0.2) is 42.0 Å². The molecule has 0 saturated carbocycles. The summed E-state index contributed by atoms with van der Waals surface area (Å²) >= 11 is 6.08. The highest BCUT2D eigenvalue weighted by molar-refractivity contribution is 6.32.